The fourth-order valence-corrected chi connectivity index (χ4v) is 1.66. The first kappa shape index (κ1) is 19.8. The number of aromatic nitrogens is 1. The van der Waals surface area contributed by atoms with E-state index in [-0.39, 0.29) is 6.07 Å². The monoisotopic (exact) mass is 369 g/mol. The molecule has 1 aromatic carbocycles. The van der Waals surface area contributed by atoms with E-state index in [4.69, 9.17) is 20.5 Å². The lowest BCUT2D eigenvalue weighted by atomic mass is 10.2. The zero-order valence-corrected chi connectivity index (χ0v) is 12.9. The van der Waals surface area contributed by atoms with E-state index in [2.05, 4.69) is 0 Å². The summed E-state index contributed by atoms with van der Waals surface area (Å²) in [6, 6.07) is 5.49. The van der Waals surface area contributed by atoms with Crippen molar-refractivity contribution in [3.8, 4) is 11.5 Å². The number of hydrogen-bond donors (Lipinski definition) is 3. The number of phenolic OH excluding ortho intramolecular Hbond substituents is 2. The summed E-state index contributed by atoms with van der Waals surface area (Å²) in [6.07, 6.45) is 1.68. The van der Waals surface area contributed by atoms with Crippen LogP contribution in [0.1, 0.15) is 0 Å². The van der Waals surface area contributed by atoms with E-state index in [0.29, 0.717) is 5.49 Å². The lowest BCUT2D eigenvalue weighted by molar-refractivity contribution is -0.405. The van der Waals surface area contributed by atoms with Crippen LogP contribution in [0.25, 0.3) is 0 Å². The summed E-state index contributed by atoms with van der Waals surface area (Å²) in [6.45, 7) is 0. The number of nitrogens with zero attached hydrogens (tertiary/aromatic N) is 4. The summed E-state index contributed by atoms with van der Waals surface area (Å²) < 4.78 is 1.38. The molecule has 138 valence electrons. The largest absolute Gasteiger partial charge is 0.497 e. The molecule has 14 nitrogen and oxygen atoms in total. The van der Waals surface area contributed by atoms with Gasteiger partial charge in [-0.1, -0.05) is 6.07 Å². The predicted octanol–water partition coefficient (Wildman–Crippen LogP) is 0.848. The van der Waals surface area contributed by atoms with Crippen molar-refractivity contribution < 1.29 is 29.8 Å². The molecule has 0 bridgehead atoms. The maximum absolute atomic E-state index is 10.4. The van der Waals surface area contributed by atoms with Gasteiger partial charge >= 0.3 is 17.1 Å². The fraction of sp³-hybridized carbons (Fsp3) is 0.0833. The first-order chi connectivity index (χ1) is 12.1. The number of pyridine rings is 1. The topological polar surface area (TPSA) is 208 Å². The van der Waals surface area contributed by atoms with Crippen molar-refractivity contribution in [3.63, 3.8) is 0 Å². The van der Waals surface area contributed by atoms with Crippen molar-refractivity contribution >= 4 is 17.1 Å². The molecule has 0 spiro atoms. The Balaban J connectivity index is 0.000000314. The van der Waals surface area contributed by atoms with Gasteiger partial charge in [0.25, 0.3) is 11.5 Å². The Morgan fingerprint density at radius 1 is 1.00 bits per heavy atom. The lowest BCUT2D eigenvalue weighted by Gasteiger charge is -2.00. The van der Waals surface area contributed by atoms with Gasteiger partial charge in [-0.15, -0.1) is 0 Å². The average Bonchev–Trinajstić information content (AvgIpc) is 2.55. The molecule has 14 heteroatoms. The number of benzene rings is 1. The van der Waals surface area contributed by atoms with E-state index in [1.807, 2.05) is 6.07 Å². The molecule has 0 saturated carbocycles. The van der Waals surface area contributed by atoms with Crippen molar-refractivity contribution in [2.75, 3.05) is 7.11 Å². The molecule has 2 rings (SSSR count). The van der Waals surface area contributed by atoms with Crippen molar-refractivity contribution in [1.29, 1.82) is 5.41 Å². The van der Waals surface area contributed by atoms with E-state index in [1.54, 1.807) is 18.3 Å². The normalized spacial score (nSPS) is 9.58. The molecule has 0 aliphatic heterocycles. The highest BCUT2D eigenvalue weighted by atomic mass is 16.6. The van der Waals surface area contributed by atoms with Crippen molar-refractivity contribution in [2.24, 2.45) is 0 Å². The minimum absolute atomic E-state index is 0.234. The second-order valence-electron chi connectivity index (χ2n) is 4.33. The van der Waals surface area contributed by atoms with Crippen LogP contribution in [-0.2, 0) is 0 Å². The van der Waals surface area contributed by atoms with Crippen molar-refractivity contribution in [3.05, 3.63) is 66.3 Å². The SMILES string of the molecule is COn1ccccc1=N.O=[N+]([O-])c1cc([N+](=O)[O-])c(O)c([N+](=O)[O-])c1O. The fourth-order valence-electron chi connectivity index (χ4n) is 1.66. The number of nitro benzene ring substituents is 3. The first-order valence-corrected chi connectivity index (χ1v) is 6.40. The summed E-state index contributed by atoms with van der Waals surface area (Å²) in [5, 5.41) is 56.7. The molecule has 26 heavy (non-hydrogen) atoms. The van der Waals surface area contributed by atoms with Crippen LogP contribution < -0.4 is 10.3 Å². The van der Waals surface area contributed by atoms with Gasteiger partial charge in [0, 0.05) is 6.20 Å². The summed E-state index contributed by atoms with van der Waals surface area (Å²) in [4.78, 5) is 32.2. The third-order valence-electron chi connectivity index (χ3n) is 2.80. The van der Waals surface area contributed by atoms with Crippen LogP contribution in [0.5, 0.6) is 11.5 Å². The van der Waals surface area contributed by atoms with E-state index in [9.17, 15) is 30.3 Å². The third kappa shape index (κ3) is 4.19. The molecule has 0 amide bonds. The number of hydrogen-bond acceptors (Lipinski definition) is 10. The van der Waals surface area contributed by atoms with Gasteiger partial charge in [-0.25, -0.2) is 0 Å². The maximum Gasteiger partial charge on any atom is 0.366 e. The number of nitro groups is 3. The van der Waals surface area contributed by atoms with Gasteiger partial charge in [0.2, 0.25) is 0 Å². The Labute approximate surface area is 143 Å². The number of nitrogens with one attached hydrogen (secondary N) is 1. The minimum atomic E-state index is -1.48. The molecule has 1 heterocycles. The van der Waals surface area contributed by atoms with E-state index in [1.165, 1.54) is 11.8 Å². The molecule has 1 aromatic heterocycles. The molecular formula is C12H11N5O9. The van der Waals surface area contributed by atoms with Crippen LogP contribution in [0.4, 0.5) is 17.1 Å². The van der Waals surface area contributed by atoms with Crippen LogP contribution in [-0.4, -0.2) is 36.8 Å². The summed E-state index contributed by atoms with van der Waals surface area (Å²) >= 11 is 0. The number of phenols is 2. The molecule has 0 radical (unpaired) electrons. The zero-order chi connectivity index (χ0) is 20.0. The average molecular weight is 369 g/mol. The standard InChI is InChI=1S/C6H3N3O8.C6H8N2O/c10-5-2(7(12)13)1-3(8(14)15)6(11)4(5)9(16)17;1-9-8-5-3-2-4-6(8)7/h1,10-11H;2-5,7H,1H3. The van der Waals surface area contributed by atoms with Gasteiger partial charge < -0.3 is 15.1 Å². The summed E-state index contributed by atoms with van der Waals surface area (Å²) in [7, 11) is 1.53. The van der Waals surface area contributed by atoms with Crippen molar-refractivity contribution in [2.45, 2.75) is 0 Å². The van der Waals surface area contributed by atoms with Gasteiger partial charge in [0.1, 0.15) is 13.2 Å². The van der Waals surface area contributed by atoms with Gasteiger partial charge in [-0.2, -0.15) is 4.73 Å². The summed E-state index contributed by atoms with van der Waals surface area (Å²) in [5.41, 5.74) is -3.60. The van der Waals surface area contributed by atoms with E-state index in [0.717, 1.165) is 0 Å². The van der Waals surface area contributed by atoms with Gasteiger partial charge in [-0.3, -0.25) is 35.8 Å². The zero-order valence-electron chi connectivity index (χ0n) is 12.9. The van der Waals surface area contributed by atoms with Gasteiger partial charge in [-0.05, 0) is 12.1 Å². The molecule has 2 aromatic rings. The Hall–Kier alpha value is -4.23. The van der Waals surface area contributed by atoms with Crippen LogP contribution in [0, 0.1) is 35.8 Å². The minimum Gasteiger partial charge on any atom is -0.497 e. The lowest BCUT2D eigenvalue weighted by Crippen LogP contribution is -2.22. The van der Waals surface area contributed by atoms with Crippen molar-refractivity contribution in [1.82, 2.24) is 4.73 Å². The number of rotatable bonds is 4. The quantitative estimate of drug-likeness (QED) is 0.514. The highest BCUT2D eigenvalue weighted by Gasteiger charge is 2.36. The van der Waals surface area contributed by atoms with Gasteiger partial charge in [0.05, 0.1) is 14.8 Å². The second kappa shape index (κ2) is 8.04. The Morgan fingerprint density at radius 3 is 1.81 bits per heavy atom. The predicted molar refractivity (Wildman–Crippen MR) is 82.5 cm³/mol. The van der Waals surface area contributed by atoms with Gasteiger partial charge in [0.15, 0.2) is 5.49 Å². The first-order valence-electron chi connectivity index (χ1n) is 6.40. The molecule has 0 saturated heterocycles. The third-order valence-corrected chi connectivity index (χ3v) is 2.80. The molecule has 3 N–H and O–H groups in total. The highest BCUT2D eigenvalue weighted by Crippen LogP contribution is 2.47. The van der Waals surface area contributed by atoms with Crippen LogP contribution in [0.2, 0.25) is 0 Å². The van der Waals surface area contributed by atoms with E-state index < -0.39 is 43.3 Å². The van der Waals surface area contributed by atoms with Crippen LogP contribution in [0.15, 0.2) is 30.5 Å². The molecule has 0 unspecified atom stereocenters. The van der Waals surface area contributed by atoms with Crippen LogP contribution >= 0.6 is 0 Å². The maximum atomic E-state index is 10.4. The number of aromatic hydroxyl groups is 2. The molecule has 0 atom stereocenters. The Kier molecular flexibility index (Phi) is 6.13. The highest BCUT2D eigenvalue weighted by molar-refractivity contribution is 5.73. The van der Waals surface area contributed by atoms with E-state index >= 15 is 0 Å². The van der Waals surface area contributed by atoms with Crippen LogP contribution in [0.3, 0.4) is 0 Å². The molecule has 0 aliphatic rings. The summed E-state index contributed by atoms with van der Waals surface area (Å²) in [5.74, 6) is -2.88. The molecule has 0 fully saturated rings. The Morgan fingerprint density at radius 2 is 1.50 bits per heavy atom. The smallest absolute Gasteiger partial charge is 0.366 e. The molecule has 0 aliphatic carbocycles. The second-order valence-corrected chi connectivity index (χ2v) is 4.33. The Bertz CT molecular complexity index is 886. The molecular weight excluding hydrogens is 358 g/mol.